The summed E-state index contributed by atoms with van der Waals surface area (Å²) in [5, 5.41) is 2.41. The zero-order valence-corrected chi connectivity index (χ0v) is 11.4. The highest BCUT2D eigenvalue weighted by atomic mass is 32.1. The van der Waals surface area contributed by atoms with Gasteiger partial charge in [0.2, 0.25) is 0 Å². The van der Waals surface area contributed by atoms with Crippen LogP contribution in [0.1, 0.15) is 6.42 Å². The molecule has 20 heavy (non-hydrogen) atoms. The molecule has 0 saturated heterocycles. The first-order valence-corrected chi connectivity index (χ1v) is 7.18. The molecule has 3 aromatic rings. The molecule has 0 bridgehead atoms. The van der Waals surface area contributed by atoms with Gasteiger partial charge >= 0.3 is 0 Å². The van der Waals surface area contributed by atoms with E-state index in [2.05, 4.69) is 15.0 Å². The lowest BCUT2D eigenvalue weighted by atomic mass is 10.3. The van der Waals surface area contributed by atoms with E-state index in [1.165, 1.54) is 11.3 Å². The lowest BCUT2D eigenvalue weighted by Gasteiger charge is -2.05. The second kappa shape index (κ2) is 4.38. The molecule has 3 heterocycles. The second-order valence-corrected chi connectivity index (χ2v) is 5.41. The normalized spacial score (nSPS) is 14.4. The van der Waals surface area contributed by atoms with Crippen LogP contribution in [0.15, 0.2) is 17.5 Å². The Balaban J connectivity index is 1.83. The Morgan fingerprint density at radius 2 is 1.95 bits per heavy atom. The van der Waals surface area contributed by atoms with E-state index in [-0.39, 0.29) is 0 Å². The maximum Gasteiger partial charge on any atom is 0.180 e. The summed E-state index contributed by atoms with van der Waals surface area (Å²) in [6.07, 6.45) is 0.888. The second-order valence-electron chi connectivity index (χ2n) is 4.52. The van der Waals surface area contributed by atoms with Crippen LogP contribution in [0.25, 0.3) is 22.6 Å². The van der Waals surface area contributed by atoms with E-state index in [0.717, 1.165) is 34.6 Å². The van der Waals surface area contributed by atoms with Gasteiger partial charge < -0.3 is 20.2 Å². The number of anilines is 1. The third-order valence-electron chi connectivity index (χ3n) is 3.12. The number of nitrogens with one attached hydrogen (secondary N) is 1. The molecule has 0 saturated carbocycles. The summed E-state index contributed by atoms with van der Waals surface area (Å²) in [5.41, 5.74) is 8.13. The third-order valence-corrected chi connectivity index (χ3v) is 3.79. The minimum absolute atomic E-state index is 0.530. The van der Waals surface area contributed by atoms with Gasteiger partial charge in [-0.1, -0.05) is 0 Å². The van der Waals surface area contributed by atoms with Crippen LogP contribution in [-0.4, -0.2) is 28.2 Å². The van der Waals surface area contributed by atoms with Gasteiger partial charge in [0.25, 0.3) is 0 Å². The number of imidazole rings is 1. The topological polar surface area (TPSA) is 86.1 Å². The summed E-state index contributed by atoms with van der Waals surface area (Å²) in [5.74, 6) is 2.20. The molecule has 7 heteroatoms. The summed E-state index contributed by atoms with van der Waals surface area (Å²) in [6, 6.07) is 3.81. The zero-order valence-electron chi connectivity index (χ0n) is 10.5. The van der Waals surface area contributed by atoms with Crippen LogP contribution < -0.4 is 15.2 Å². The number of aromatic amines is 1. The van der Waals surface area contributed by atoms with Crippen LogP contribution in [0, 0.1) is 0 Å². The van der Waals surface area contributed by atoms with E-state index >= 15 is 0 Å². The number of nitrogens with zero attached hydrogens (tertiary/aromatic N) is 2. The molecule has 6 nitrogen and oxygen atoms in total. The summed E-state index contributed by atoms with van der Waals surface area (Å²) in [4.78, 5) is 12.0. The minimum atomic E-state index is 0.530. The van der Waals surface area contributed by atoms with Gasteiger partial charge in [-0.15, -0.1) is 11.3 Å². The monoisotopic (exact) mass is 288 g/mol. The smallest absolute Gasteiger partial charge is 0.180 e. The predicted octanol–water partition coefficient (Wildman–Crippen LogP) is 2.43. The standard InChI is InChI=1S/C13H12N4O2S/c14-13-17-9(6-20-13)12-15-7-4-10-11(5-8(7)16-12)19-3-1-2-18-10/h4-6H,1-3H2,(H2,14,17)(H,15,16). The van der Waals surface area contributed by atoms with Crippen molar-refractivity contribution in [3.8, 4) is 23.0 Å². The number of hydrogen-bond donors (Lipinski definition) is 2. The Bertz CT molecular complexity index is 737. The predicted molar refractivity (Wildman–Crippen MR) is 77.2 cm³/mol. The first-order valence-electron chi connectivity index (χ1n) is 6.30. The number of benzene rings is 1. The molecule has 0 aliphatic carbocycles. The van der Waals surface area contributed by atoms with Crippen LogP contribution in [0.5, 0.6) is 11.5 Å². The molecule has 3 N–H and O–H groups in total. The maximum atomic E-state index is 5.67. The van der Waals surface area contributed by atoms with Gasteiger partial charge in [0.1, 0.15) is 5.69 Å². The lowest BCUT2D eigenvalue weighted by molar-refractivity contribution is 0.297. The molecular formula is C13H12N4O2S. The van der Waals surface area contributed by atoms with Gasteiger partial charge in [-0.25, -0.2) is 9.97 Å². The highest BCUT2D eigenvalue weighted by molar-refractivity contribution is 7.13. The largest absolute Gasteiger partial charge is 0.489 e. The van der Waals surface area contributed by atoms with Crippen molar-refractivity contribution in [3.63, 3.8) is 0 Å². The number of aromatic nitrogens is 3. The number of H-pyrrole nitrogens is 1. The van der Waals surface area contributed by atoms with Crippen LogP contribution in [0.4, 0.5) is 5.13 Å². The molecule has 0 amide bonds. The van der Waals surface area contributed by atoms with E-state index in [4.69, 9.17) is 15.2 Å². The lowest BCUT2D eigenvalue weighted by Crippen LogP contribution is -1.97. The van der Waals surface area contributed by atoms with Crippen LogP contribution in [-0.2, 0) is 0 Å². The number of nitrogen functional groups attached to an aromatic ring is 1. The van der Waals surface area contributed by atoms with E-state index in [0.29, 0.717) is 24.2 Å². The van der Waals surface area contributed by atoms with Crippen molar-refractivity contribution in [1.82, 2.24) is 15.0 Å². The molecule has 0 spiro atoms. The molecule has 1 aliphatic rings. The fourth-order valence-electron chi connectivity index (χ4n) is 2.18. The zero-order chi connectivity index (χ0) is 13.5. The minimum Gasteiger partial charge on any atom is -0.489 e. The molecular weight excluding hydrogens is 276 g/mol. The van der Waals surface area contributed by atoms with E-state index in [9.17, 15) is 0 Å². The van der Waals surface area contributed by atoms with E-state index in [1.807, 2.05) is 17.5 Å². The molecule has 0 fully saturated rings. The van der Waals surface area contributed by atoms with Crippen molar-refractivity contribution in [2.24, 2.45) is 0 Å². The highest BCUT2D eigenvalue weighted by Gasteiger charge is 2.15. The van der Waals surface area contributed by atoms with Crippen molar-refractivity contribution in [2.45, 2.75) is 6.42 Å². The summed E-state index contributed by atoms with van der Waals surface area (Å²) >= 11 is 1.39. The Morgan fingerprint density at radius 3 is 2.70 bits per heavy atom. The van der Waals surface area contributed by atoms with E-state index < -0.39 is 0 Å². The Morgan fingerprint density at radius 1 is 1.15 bits per heavy atom. The van der Waals surface area contributed by atoms with Gasteiger partial charge in [-0.3, -0.25) is 0 Å². The van der Waals surface area contributed by atoms with E-state index in [1.54, 1.807) is 0 Å². The fourth-order valence-corrected chi connectivity index (χ4v) is 2.73. The van der Waals surface area contributed by atoms with Gasteiger partial charge in [-0.2, -0.15) is 0 Å². The van der Waals surface area contributed by atoms with Gasteiger partial charge in [0, 0.05) is 23.9 Å². The number of fused-ring (bicyclic) bond motifs is 2. The van der Waals surface area contributed by atoms with Gasteiger partial charge in [0.05, 0.1) is 24.2 Å². The molecule has 1 aliphatic heterocycles. The summed E-state index contributed by atoms with van der Waals surface area (Å²) in [7, 11) is 0. The van der Waals surface area contributed by atoms with Crippen LogP contribution in [0.2, 0.25) is 0 Å². The van der Waals surface area contributed by atoms with Crippen molar-refractivity contribution in [1.29, 1.82) is 0 Å². The highest BCUT2D eigenvalue weighted by Crippen LogP contribution is 2.34. The average molecular weight is 288 g/mol. The molecule has 0 unspecified atom stereocenters. The molecule has 2 aromatic heterocycles. The molecule has 1 aromatic carbocycles. The SMILES string of the molecule is Nc1nc(-c2nc3cc4c(cc3[nH]2)OCCCO4)cs1. The van der Waals surface area contributed by atoms with Gasteiger partial charge in [0.15, 0.2) is 22.5 Å². The van der Waals surface area contributed by atoms with Crippen molar-refractivity contribution < 1.29 is 9.47 Å². The Kier molecular flexibility index (Phi) is 2.53. The molecule has 0 radical (unpaired) electrons. The van der Waals surface area contributed by atoms with Crippen LogP contribution >= 0.6 is 11.3 Å². The first-order chi connectivity index (χ1) is 9.79. The average Bonchev–Trinajstić information content (AvgIpc) is 2.97. The van der Waals surface area contributed by atoms with Crippen LogP contribution in [0.3, 0.4) is 0 Å². The fraction of sp³-hybridized carbons (Fsp3) is 0.231. The first kappa shape index (κ1) is 11.5. The van der Waals surface area contributed by atoms with Crippen molar-refractivity contribution >= 4 is 27.5 Å². The third kappa shape index (κ3) is 1.87. The molecule has 0 atom stereocenters. The Labute approximate surface area is 118 Å². The summed E-state index contributed by atoms with van der Waals surface area (Å²) in [6.45, 7) is 1.33. The molecule has 102 valence electrons. The number of hydrogen-bond acceptors (Lipinski definition) is 6. The van der Waals surface area contributed by atoms with Gasteiger partial charge in [-0.05, 0) is 0 Å². The summed E-state index contributed by atoms with van der Waals surface area (Å²) < 4.78 is 11.3. The quantitative estimate of drug-likeness (QED) is 0.718. The number of rotatable bonds is 1. The number of thiazole rings is 1. The van der Waals surface area contributed by atoms with Crippen molar-refractivity contribution in [2.75, 3.05) is 18.9 Å². The number of ether oxygens (including phenoxy) is 2. The van der Waals surface area contributed by atoms with Crippen molar-refractivity contribution in [3.05, 3.63) is 17.5 Å². The Hall–Kier alpha value is -2.28. The molecule has 4 rings (SSSR count). The maximum absolute atomic E-state index is 5.67. The number of nitrogens with two attached hydrogens (primary N) is 1.